The summed E-state index contributed by atoms with van der Waals surface area (Å²) in [6, 6.07) is 6.82. The molecule has 1 unspecified atom stereocenters. The van der Waals surface area contributed by atoms with Crippen molar-refractivity contribution >= 4 is 10.1 Å². The molecular weight excluding hydrogens is 284 g/mol. The van der Waals surface area contributed by atoms with Gasteiger partial charge in [0, 0.05) is 0 Å². The highest BCUT2D eigenvalue weighted by Crippen LogP contribution is 2.39. The van der Waals surface area contributed by atoms with Crippen molar-refractivity contribution in [2.24, 2.45) is 5.92 Å². The van der Waals surface area contributed by atoms with Gasteiger partial charge < -0.3 is 0 Å². The molecule has 21 heavy (non-hydrogen) atoms. The highest BCUT2D eigenvalue weighted by Gasteiger charge is 2.40. The van der Waals surface area contributed by atoms with Gasteiger partial charge in [0.25, 0.3) is 10.1 Å². The molecule has 4 heteroatoms. The number of hydrogen-bond donors (Lipinski definition) is 0. The first kappa shape index (κ1) is 16.2. The summed E-state index contributed by atoms with van der Waals surface area (Å²) >= 11 is 0. The number of benzene rings is 1. The standard InChI is InChI=1S/C17H24O3S/c1-13(2)17(11-9-15(4)10-12-17)20-21(18,19)16-7-5-14(3)6-8-16/h5-9,13H,10-12H2,1-4H3. The molecule has 1 aliphatic carbocycles. The fourth-order valence-corrected chi connectivity index (χ4v) is 3.97. The Balaban J connectivity index is 2.30. The summed E-state index contributed by atoms with van der Waals surface area (Å²) in [4.78, 5) is 0.236. The maximum absolute atomic E-state index is 12.6. The van der Waals surface area contributed by atoms with Crippen LogP contribution in [0.15, 0.2) is 40.8 Å². The van der Waals surface area contributed by atoms with Gasteiger partial charge in [-0.3, -0.25) is 4.18 Å². The van der Waals surface area contributed by atoms with Gasteiger partial charge in [0.15, 0.2) is 0 Å². The van der Waals surface area contributed by atoms with Crippen LogP contribution in [0.5, 0.6) is 0 Å². The van der Waals surface area contributed by atoms with E-state index in [0.29, 0.717) is 6.42 Å². The minimum Gasteiger partial charge on any atom is -0.259 e. The fourth-order valence-electron chi connectivity index (χ4n) is 2.63. The Bertz CT molecular complexity index is 627. The second-order valence-electron chi connectivity index (χ2n) is 6.32. The molecule has 1 aromatic carbocycles. The fraction of sp³-hybridized carbons (Fsp3) is 0.529. The molecule has 0 saturated heterocycles. The third kappa shape index (κ3) is 3.55. The second kappa shape index (κ2) is 5.93. The van der Waals surface area contributed by atoms with Crippen molar-refractivity contribution < 1.29 is 12.6 Å². The van der Waals surface area contributed by atoms with Crippen molar-refractivity contribution in [1.82, 2.24) is 0 Å². The summed E-state index contributed by atoms with van der Waals surface area (Å²) in [7, 11) is -3.73. The Morgan fingerprint density at radius 1 is 1.14 bits per heavy atom. The van der Waals surface area contributed by atoms with Crippen LogP contribution in [0.2, 0.25) is 0 Å². The third-order valence-electron chi connectivity index (χ3n) is 4.38. The van der Waals surface area contributed by atoms with Gasteiger partial charge in [0.05, 0.1) is 10.5 Å². The maximum atomic E-state index is 12.6. The molecule has 0 radical (unpaired) electrons. The Morgan fingerprint density at radius 3 is 2.24 bits per heavy atom. The predicted molar refractivity (Wildman–Crippen MR) is 84.6 cm³/mol. The lowest BCUT2D eigenvalue weighted by molar-refractivity contribution is 0.0187. The number of allylic oxidation sites excluding steroid dienone is 1. The van der Waals surface area contributed by atoms with Crippen LogP contribution in [-0.2, 0) is 14.3 Å². The highest BCUT2D eigenvalue weighted by atomic mass is 32.2. The smallest absolute Gasteiger partial charge is 0.259 e. The number of aryl methyl sites for hydroxylation is 1. The molecule has 116 valence electrons. The van der Waals surface area contributed by atoms with E-state index in [1.165, 1.54) is 5.57 Å². The van der Waals surface area contributed by atoms with Crippen molar-refractivity contribution in [3.63, 3.8) is 0 Å². The van der Waals surface area contributed by atoms with E-state index in [-0.39, 0.29) is 10.8 Å². The number of hydrogen-bond acceptors (Lipinski definition) is 3. The first-order valence-electron chi connectivity index (χ1n) is 7.43. The lowest BCUT2D eigenvalue weighted by atomic mass is 9.78. The lowest BCUT2D eigenvalue weighted by Crippen LogP contribution is -2.41. The van der Waals surface area contributed by atoms with Crippen molar-refractivity contribution in [3.05, 3.63) is 41.5 Å². The molecule has 1 atom stereocenters. The van der Waals surface area contributed by atoms with E-state index < -0.39 is 15.7 Å². The van der Waals surface area contributed by atoms with E-state index in [4.69, 9.17) is 4.18 Å². The molecule has 0 N–H and O–H groups in total. The molecule has 0 aliphatic heterocycles. The topological polar surface area (TPSA) is 43.4 Å². The maximum Gasteiger partial charge on any atom is 0.297 e. The van der Waals surface area contributed by atoms with Gasteiger partial charge in [-0.05, 0) is 51.2 Å². The monoisotopic (exact) mass is 308 g/mol. The summed E-state index contributed by atoms with van der Waals surface area (Å²) in [6.07, 6.45) is 4.40. The molecule has 2 rings (SSSR count). The Kier molecular flexibility index (Phi) is 4.59. The van der Waals surface area contributed by atoms with E-state index in [9.17, 15) is 8.42 Å². The molecule has 1 aromatic rings. The molecule has 0 spiro atoms. The van der Waals surface area contributed by atoms with Crippen LogP contribution in [0.4, 0.5) is 0 Å². The SMILES string of the molecule is CC1=CCC(OS(=O)(=O)c2ccc(C)cc2)(C(C)C)CC1. The van der Waals surface area contributed by atoms with Crippen molar-refractivity contribution in [1.29, 1.82) is 0 Å². The van der Waals surface area contributed by atoms with Gasteiger partial charge in [-0.2, -0.15) is 8.42 Å². The molecule has 0 saturated carbocycles. The second-order valence-corrected chi connectivity index (χ2v) is 7.87. The van der Waals surface area contributed by atoms with E-state index in [0.717, 1.165) is 18.4 Å². The molecular formula is C17H24O3S. The molecule has 3 nitrogen and oxygen atoms in total. The van der Waals surface area contributed by atoms with Gasteiger partial charge in [0.1, 0.15) is 0 Å². The summed E-state index contributed by atoms with van der Waals surface area (Å²) in [5, 5.41) is 0. The summed E-state index contributed by atoms with van der Waals surface area (Å²) in [6.45, 7) is 8.07. The van der Waals surface area contributed by atoms with Gasteiger partial charge in [0.2, 0.25) is 0 Å². The quantitative estimate of drug-likeness (QED) is 0.617. The molecule has 0 amide bonds. The van der Waals surface area contributed by atoms with E-state index in [1.54, 1.807) is 24.3 Å². The molecule has 0 aromatic heterocycles. The molecule has 0 bridgehead atoms. The minimum atomic E-state index is -3.73. The van der Waals surface area contributed by atoms with Crippen LogP contribution in [0, 0.1) is 12.8 Å². The summed E-state index contributed by atoms with van der Waals surface area (Å²) < 4.78 is 30.8. The van der Waals surface area contributed by atoms with Crippen molar-refractivity contribution in [3.8, 4) is 0 Å². The number of rotatable bonds is 4. The highest BCUT2D eigenvalue weighted by molar-refractivity contribution is 7.86. The molecule has 1 aliphatic rings. The third-order valence-corrected chi connectivity index (χ3v) is 5.78. The lowest BCUT2D eigenvalue weighted by Gasteiger charge is -2.38. The summed E-state index contributed by atoms with van der Waals surface area (Å²) in [5.41, 5.74) is 1.72. The van der Waals surface area contributed by atoms with Gasteiger partial charge in [-0.1, -0.05) is 43.2 Å². The normalized spacial score (nSPS) is 23.2. The van der Waals surface area contributed by atoms with E-state index in [2.05, 4.69) is 13.0 Å². The summed E-state index contributed by atoms with van der Waals surface area (Å²) in [5.74, 6) is 0.141. The van der Waals surface area contributed by atoms with Crippen LogP contribution < -0.4 is 0 Å². The predicted octanol–water partition coefficient (Wildman–Crippen LogP) is 4.23. The van der Waals surface area contributed by atoms with Crippen LogP contribution in [0.3, 0.4) is 0 Å². The van der Waals surface area contributed by atoms with Crippen LogP contribution >= 0.6 is 0 Å². The zero-order valence-corrected chi connectivity index (χ0v) is 14.0. The van der Waals surface area contributed by atoms with E-state index in [1.807, 2.05) is 20.8 Å². The van der Waals surface area contributed by atoms with Crippen LogP contribution in [0.1, 0.15) is 45.6 Å². The Labute approximate surface area is 128 Å². The van der Waals surface area contributed by atoms with Crippen LogP contribution in [0.25, 0.3) is 0 Å². The van der Waals surface area contributed by atoms with E-state index >= 15 is 0 Å². The average molecular weight is 308 g/mol. The largest absolute Gasteiger partial charge is 0.297 e. The Morgan fingerprint density at radius 2 is 1.76 bits per heavy atom. The first-order chi connectivity index (χ1) is 9.75. The molecule has 0 fully saturated rings. The van der Waals surface area contributed by atoms with Gasteiger partial charge in [-0.25, -0.2) is 0 Å². The molecule has 0 heterocycles. The van der Waals surface area contributed by atoms with Gasteiger partial charge >= 0.3 is 0 Å². The zero-order chi connectivity index (χ0) is 15.7. The zero-order valence-electron chi connectivity index (χ0n) is 13.2. The van der Waals surface area contributed by atoms with Gasteiger partial charge in [-0.15, -0.1) is 0 Å². The minimum absolute atomic E-state index is 0.141. The van der Waals surface area contributed by atoms with Crippen molar-refractivity contribution in [2.75, 3.05) is 0 Å². The Hall–Kier alpha value is -1.13. The first-order valence-corrected chi connectivity index (χ1v) is 8.84. The average Bonchev–Trinajstić information content (AvgIpc) is 2.41. The van der Waals surface area contributed by atoms with Crippen molar-refractivity contribution in [2.45, 2.75) is 57.5 Å². The van der Waals surface area contributed by atoms with Crippen LogP contribution in [-0.4, -0.2) is 14.0 Å².